The Morgan fingerprint density at radius 1 is 1.03 bits per heavy atom. The fourth-order valence-corrected chi connectivity index (χ4v) is 3.45. The molecule has 0 atom stereocenters. The van der Waals surface area contributed by atoms with Crippen molar-refractivity contribution in [2.45, 2.75) is 19.5 Å². The van der Waals surface area contributed by atoms with E-state index in [2.05, 4.69) is 15.5 Å². The van der Waals surface area contributed by atoms with Crippen molar-refractivity contribution in [2.75, 3.05) is 28.4 Å². The maximum atomic E-state index is 12.5. The highest BCUT2D eigenvalue weighted by atomic mass is 32.1. The summed E-state index contributed by atoms with van der Waals surface area (Å²) in [6, 6.07) is 11.1. The van der Waals surface area contributed by atoms with E-state index >= 15 is 0 Å². The summed E-state index contributed by atoms with van der Waals surface area (Å²) in [4.78, 5) is 12.5. The van der Waals surface area contributed by atoms with Crippen molar-refractivity contribution >= 4 is 18.1 Å². The van der Waals surface area contributed by atoms with Crippen molar-refractivity contribution in [2.24, 2.45) is 0 Å². The van der Waals surface area contributed by atoms with Crippen molar-refractivity contribution in [1.29, 1.82) is 0 Å². The molecule has 0 spiro atoms. The van der Waals surface area contributed by atoms with Gasteiger partial charge in [0, 0.05) is 25.1 Å². The van der Waals surface area contributed by atoms with E-state index in [4.69, 9.17) is 31.2 Å². The summed E-state index contributed by atoms with van der Waals surface area (Å²) in [5.41, 5.74) is 1.70. The van der Waals surface area contributed by atoms with Crippen molar-refractivity contribution in [3.05, 3.63) is 46.7 Å². The highest BCUT2D eigenvalue weighted by molar-refractivity contribution is 7.71. The quantitative estimate of drug-likeness (QED) is 0.450. The van der Waals surface area contributed by atoms with Crippen LogP contribution in [0.1, 0.15) is 12.0 Å². The molecule has 10 heteroatoms. The lowest BCUT2D eigenvalue weighted by molar-refractivity contribution is -0.121. The number of hydrogen-bond donors (Lipinski definition) is 2. The molecule has 9 nitrogen and oxygen atoms in total. The maximum absolute atomic E-state index is 12.5. The van der Waals surface area contributed by atoms with Crippen molar-refractivity contribution in [3.8, 4) is 34.4 Å². The van der Waals surface area contributed by atoms with Crippen LogP contribution in [0.5, 0.6) is 23.0 Å². The molecule has 1 aromatic heterocycles. The lowest BCUT2D eigenvalue weighted by Crippen LogP contribution is -2.24. The number of methoxy groups -OCH3 is 4. The third-order valence-electron chi connectivity index (χ3n) is 4.88. The monoisotopic (exact) mass is 458 g/mol. The zero-order valence-electron chi connectivity index (χ0n) is 18.4. The first kappa shape index (κ1) is 23.1. The average Bonchev–Trinajstić information content (AvgIpc) is 3.20. The SMILES string of the molecule is COc1ccc(-c2n[nH]c(=S)n2CCC(=O)NCc2cc(OC)c(OC)c(OC)c2)cc1. The third kappa shape index (κ3) is 5.20. The molecular formula is C22H26N4O5S. The first-order valence-electron chi connectivity index (χ1n) is 9.86. The van der Waals surface area contributed by atoms with Crippen LogP contribution in [0.4, 0.5) is 0 Å². The molecule has 0 aliphatic heterocycles. The molecule has 170 valence electrons. The summed E-state index contributed by atoms with van der Waals surface area (Å²) in [5, 5.41) is 10.0. The number of amides is 1. The Morgan fingerprint density at radius 3 is 2.25 bits per heavy atom. The molecule has 1 heterocycles. The zero-order chi connectivity index (χ0) is 23.1. The van der Waals surface area contributed by atoms with Gasteiger partial charge in [-0.3, -0.25) is 14.5 Å². The van der Waals surface area contributed by atoms with Gasteiger partial charge in [0.15, 0.2) is 22.1 Å². The van der Waals surface area contributed by atoms with Crippen LogP contribution in [0.3, 0.4) is 0 Å². The summed E-state index contributed by atoms with van der Waals surface area (Å²) in [6.07, 6.45) is 0.238. The molecular weight excluding hydrogens is 432 g/mol. The highest BCUT2D eigenvalue weighted by Crippen LogP contribution is 2.38. The largest absolute Gasteiger partial charge is 0.497 e. The summed E-state index contributed by atoms with van der Waals surface area (Å²) in [6.45, 7) is 0.704. The van der Waals surface area contributed by atoms with Crippen molar-refractivity contribution < 1.29 is 23.7 Å². The van der Waals surface area contributed by atoms with E-state index in [-0.39, 0.29) is 12.3 Å². The highest BCUT2D eigenvalue weighted by Gasteiger charge is 2.14. The number of nitrogens with zero attached hydrogens (tertiary/aromatic N) is 2. The number of H-pyrrole nitrogens is 1. The van der Waals surface area contributed by atoms with E-state index in [0.29, 0.717) is 40.9 Å². The molecule has 0 saturated carbocycles. The molecule has 0 radical (unpaired) electrons. The van der Waals surface area contributed by atoms with Crippen LogP contribution in [0.25, 0.3) is 11.4 Å². The van der Waals surface area contributed by atoms with Crippen LogP contribution in [0.15, 0.2) is 36.4 Å². The molecule has 0 aliphatic rings. The number of ether oxygens (including phenoxy) is 4. The number of carbonyl (C=O) groups is 1. The molecule has 0 aliphatic carbocycles. The molecule has 0 fully saturated rings. The van der Waals surface area contributed by atoms with Gasteiger partial charge in [0.1, 0.15) is 5.75 Å². The number of aromatic amines is 1. The van der Waals surface area contributed by atoms with Crippen LogP contribution in [-0.2, 0) is 17.9 Å². The summed E-state index contributed by atoms with van der Waals surface area (Å²) in [7, 11) is 6.26. The van der Waals surface area contributed by atoms with Gasteiger partial charge >= 0.3 is 0 Å². The number of carbonyl (C=O) groups excluding carboxylic acids is 1. The predicted octanol–water partition coefficient (Wildman–Crippen LogP) is 3.35. The Labute approximate surface area is 191 Å². The van der Waals surface area contributed by atoms with E-state index < -0.39 is 0 Å². The second kappa shape index (κ2) is 10.7. The summed E-state index contributed by atoms with van der Waals surface area (Å²) < 4.78 is 23.5. The predicted molar refractivity (Wildman–Crippen MR) is 122 cm³/mol. The van der Waals surface area contributed by atoms with Crippen LogP contribution in [0.2, 0.25) is 0 Å². The number of hydrogen-bond acceptors (Lipinski definition) is 7. The Kier molecular flexibility index (Phi) is 7.72. The summed E-state index contributed by atoms with van der Waals surface area (Å²) >= 11 is 5.34. The Morgan fingerprint density at radius 2 is 1.69 bits per heavy atom. The van der Waals surface area contributed by atoms with Crippen molar-refractivity contribution in [3.63, 3.8) is 0 Å². The molecule has 1 amide bonds. The van der Waals surface area contributed by atoms with Gasteiger partial charge in [0.05, 0.1) is 28.4 Å². The first-order valence-corrected chi connectivity index (χ1v) is 10.3. The Balaban J connectivity index is 1.65. The van der Waals surface area contributed by atoms with Gasteiger partial charge in [-0.15, -0.1) is 0 Å². The molecule has 2 N–H and O–H groups in total. The lowest BCUT2D eigenvalue weighted by Gasteiger charge is -2.14. The average molecular weight is 459 g/mol. The van der Waals surface area contributed by atoms with E-state index in [0.717, 1.165) is 16.9 Å². The van der Waals surface area contributed by atoms with Crippen LogP contribution >= 0.6 is 12.2 Å². The van der Waals surface area contributed by atoms with Gasteiger partial charge in [0.2, 0.25) is 11.7 Å². The second-order valence-corrected chi connectivity index (χ2v) is 7.18. The van der Waals surface area contributed by atoms with Gasteiger partial charge in [-0.25, -0.2) is 0 Å². The van der Waals surface area contributed by atoms with Crippen LogP contribution in [0, 0.1) is 4.77 Å². The number of aromatic nitrogens is 3. The van der Waals surface area contributed by atoms with E-state index in [1.54, 1.807) is 45.1 Å². The van der Waals surface area contributed by atoms with E-state index in [1.807, 2.05) is 24.3 Å². The second-order valence-electron chi connectivity index (χ2n) is 6.79. The molecule has 0 unspecified atom stereocenters. The maximum Gasteiger partial charge on any atom is 0.222 e. The van der Waals surface area contributed by atoms with Crippen LogP contribution in [-0.4, -0.2) is 49.1 Å². The van der Waals surface area contributed by atoms with E-state index in [9.17, 15) is 4.79 Å². The van der Waals surface area contributed by atoms with Gasteiger partial charge in [0.25, 0.3) is 0 Å². The summed E-state index contributed by atoms with van der Waals surface area (Å²) in [5.74, 6) is 2.86. The lowest BCUT2D eigenvalue weighted by atomic mass is 10.1. The number of nitrogens with one attached hydrogen (secondary N) is 2. The molecule has 0 bridgehead atoms. The van der Waals surface area contributed by atoms with Gasteiger partial charge < -0.3 is 24.3 Å². The van der Waals surface area contributed by atoms with Gasteiger partial charge in [-0.05, 0) is 54.2 Å². The molecule has 0 saturated heterocycles. The first-order chi connectivity index (χ1) is 15.5. The normalized spacial score (nSPS) is 10.5. The van der Waals surface area contributed by atoms with Gasteiger partial charge in [-0.2, -0.15) is 5.10 Å². The minimum absolute atomic E-state index is 0.123. The minimum Gasteiger partial charge on any atom is -0.497 e. The smallest absolute Gasteiger partial charge is 0.222 e. The topological polar surface area (TPSA) is 99.6 Å². The van der Waals surface area contributed by atoms with E-state index in [1.165, 1.54) is 0 Å². The Bertz CT molecular complexity index is 1100. The Hall–Kier alpha value is -3.53. The number of benzene rings is 2. The third-order valence-corrected chi connectivity index (χ3v) is 5.19. The minimum atomic E-state index is -0.123. The molecule has 32 heavy (non-hydrogen) atoms. The molecule has 2 aromatic carbocycles. The zero-order valence-corrected chi connectivity index (χ0v) is 19.2. The standard InChI is InChI=1S/C22H26N4O5S/c1-28-16-7-5-15(6-8-16)21-24-25-22(32)26(21)10-9-19(27)23-13-14-11-17(29-2)20(31-4)18(12-14)30-3/h5-8,11-12H,9-10,13H2,1-4H3,(H,23,27)(H,25,32). The van der Waals surface area contributed by atoms with Crippen molar-refractivity contribution in [1.82, 2.24) is 20.1 Å². The van der Waals surface area contributed by atoms with Crippen LogP contribution < -0.4 is 24.3 Å². The molecule has 3 aromatic rings. The number of rotatable bonds is 10. The van der Waals surface area contributed by atoms with Gasteiger partial charge in [-0.1, -0.05) is 0 Å². The molecule has 3 rings (SSSR count). The fraction of sp³-hybridized carbons (Fsp3) is 0.318. The fourth-order valence-electron chi connectivity index (χ4n) is 3.23.